The van der Waals surface area contributed by atoms with E-state index < -0.39 is 24.9 Å². The molecule has 0 aliphatic carbocycles. The lowest BCUT2D eigenvalue weighted by molar-refractivity contribution is -0.132. The lowest BCUT2D eigenvalue weighted by Gasteiger charge is -2.21. The van der Waals surface area contributed by atoms with Gasteiger partial charge in [-0.05, 0) is 11.6 Å². The molecule has 1 unspecified atom stereocenters. The second kappa shape index (κ2) is 6.70. The minimum absolute atomic E-state index is 0. The molecular formula is C13H16Cl2F2N2O. The number of alkyl halides is 2. The van der Waals surface area contributed by atoms with E-state index in [4.69, 9.17) is 11.6 Å². The first kappa shape index (κ1) is 17.1. The van der Waals surface area contributed by atoms with Crippen molar-refractivity contribution in [2.75, 3.05) is 13.6 Å². The Morgan fingerprint density at radius 3 is 2.70 bits per heavy atom. The minimum atomic E-state index is -2.80. The number of nitrogens with one attached hydrogen (secondary N) is 1. The predicted molar refractivity (Wildman–Crippen MR) is 76.5 cm³/mol. The van der Waals surface area contributed by atoms with Crippen LogP contribution in [0.3, 0.4) is 0 Å². The van der Waals surface area contributed by atoms with Crippen LogP contribution in [0.1, 0.15) is 12.0 Å². The average Bonchev–Trinajstić information content (AvgIpc) is 2.71. The monoisotopic (exact) mass is 324 g/mol. The maximum Gasteiger partial charge on any atom is 0.262 e. The van der Waals surface area contributed by atoms with E-state index in [1.54, 1.807) is 19.2 Å². The van der Waals surface area contributed by atoms with Gasteiger partial charge in [-0.1, -0.05) is 29.8 Å². The van der Waals surface area contributed by atoms with Crippen LogP contribution in [0.25, 0.3) is 0 Å². The summed E-state index contributed by atoms with van der Waals surface area (Å²) in [5.41, 5.74) is 0.796. The van der Waals surface area contributed by atoms with Gasteiger partial charge >= 0.3 is 0 Å². The average molecular weight is 325 g/mol. The Morgan fingerprint density at radius 2 is 2.15 bits per heavy atom. The van der Waals surface area contributed by atoms with Crippen molar-refractivity contribution in [3.05, 3.63) is 34.9 Å². The Hall–Kier alpha value is -0.910. The Labute approximate surface area is 127 Å². The van der Waals surface area contributed by atoms with E-state index in [2.05, 4.69) is 5.32 Å². The third-order valence-corrected chi connectivity index (χ3v) is 3.52. The second-order valence-electron chi connectivity index (χ2n) is 4.78. The number of likely N-dealkylation sites (N-methyl/N-ethyl adjacent to an activating group) is 1. The summed E-state index contributed by atoms with van der Waals surface area (Å²) in [6, 6.07) is 6.34. The lowest BCUT2D eigenvalue weighted by atomic mass is 10.1. The zero-order valence-electron chi connectivity index (χ0n) is 10.9. The number of rotatable bonds is 3. The molecule has 112 valence electrons. The number of hydrogen-bond acceptors (Lipinski definition) is 2. The quantitative estimate of drug-likeness (QED) is 0.927. The maximum atomic E-state index is 13.1. The zero-order chi connectivity index (χ0) is 14.0. The van der Waals surface area contributed by atoms with Gasteiger partial charge in [-0.2, -0.15) is 0 Å². The molecule has 3 nitrogen and oxygen atoms in total. The number of benzene rings is 1. The fourth-order valence-electron chi connectivity index (χ4n) is 2.12. The normalized spacial score (nSPS) is 20.3. The van der Waals surface area contributed by atoms with Gasteiger partial charge < -0.3 is 4.90 Å². The molecule has 1 amide bonds. The zero-order valence-corrected chi connectivity index (χ0v) is 12.5. The molecule has 1 atom stereocenters. The Morgan fingerprint density at radius 1 is 1.50 bits per heavy atom. The van der Waals surface area contributed by atoms with Crippen molar-refractivity contribution in [1.82, 2.24) is 10.2 Å². The first-order valence-corrected chi connectivity index (χ1v) is 6.36. The van der Waals surface area contributed by atoms with Crippen molar-refractivity contribution in [3.8, 4) is 0 Å². The van der Waals surface area contributed by atoms with Crippen molar-refractivity contribution in [2.45, 2.75) is 24.9 Å². The number of hydrogen-bond donors (Lipinski definition) is 1. The van der Waals surface area contributed by atoms with E-state index in [1.165, 1.54) is 4.90 Å². The molecule has 1 aromatic rings. The van der Waals surface area contributed by atoms with Crippen LogP contribution in [0.5, 0.6) is 0 Å². The molecule has 1 heterocycles. The molecule has 1 aromatic carbocycles. The number of carbonyl (C=O) groups excluding carboxylic acids is 1. The molecule has 1 aliphatic rings. The molecule has 2 rings (SSSR count). The summed E-state index contributed by atoms with van der Waals surface area (Å²) in [6.07, 6.45) is -0.446. The second-order valence-corrected chi connectivity index (χ2v) is 5.19. The first-order chi connectivity index (χ1) is 8.89. The Balaban J connectivity index is 0.00000200. The summed E-state index contributed by atoms with van der Waals surface area (Å²) in [5, 5.41) is 3.12. The van der Waals surface area contributed by atoms with Gasteiger partial charge in [-0.25, -0.2) is 8.78 Å². The van der Waals surface area contributed by atoms with Gasteiger partial charge in [0.2, 0.25) is 5.91 Å². The van der Waals surface area contributed by atoms with Crippen molar-refractivity contribution in [2.24, 2.45) is 0 Å². The van der Waals surface area contributed by atoms with E-state index in [9.17, 15) is 13.6 Å². The van der Waals surface area contributed by atoms with Crippen LogP contribution in [0.2, 0.25) is 5.02 Å². The van der Waals surface area contributed by atoms with Crippen LogP contribution in [0, 0.1) is 0 Å². The molecular weight excluding hydrogens is 309 g/mol. The molecule has 1 fully saturated rings. The van der Waals surface area contributed by atoms with Gasteiger partial charge in [0, 0.05) is 25.0 Å². The molecule has 1 saturated heterocycles. The molecule has 7 heteroatoms. The fourth-order valence-corrected chi connectivity index (χ4v) is 2.31. The molecule has 0 aromatic heterocycles. The van der Waals surface area contributed by atoms with Gasteiger partial charge in [0.05, 0.1) is 12.6 Å². The summed E-state index contributed by atoms with van der Waals surface area (Å²) < 4.78 is 26.1. The summed E-state index contributed by atoms with van der Waals surface area (Å²) in [7, 11) is 1.59. The van der Waals surface area contributed by atoms with E-state index in [0.717, 1.165) is 5.56 Å². The molecule has 0 saturated carbocycles. The van der Waals surface area contributed by atoms with Gasteiger partial charge in [0.15, 0.2) is 0 Å². The third kappa shape index (κ3) is 4.04. The van der Waals surface area contributed by atoms with Gasteiger partial charge in [-0.3, -0.25) is 10.1 Å². The highest BCUT2D eigenvalue weighted by Gasteiger charge is 2.43. The molecule has 0 spiro atoms. The number of carbonyl (C=O) groups is 1. The highest BCUT2D eigenvalue weighted by atomic mass is 35.5. The summed E-state index contributed by atoms with van der Waals surface area (Å²) >= 11 is 6.00. The van der Waals surface area contributed by atoms with Crippen molar-refractivity contribution in [1.29, 1.82) is 0 Å². The smallest absolute Gasteiger partial charge is 0.262 e. The van der Waals surface area contributed by atoms with Crippen LogP contribution < -0.4 is 5.32 Å². The number of nitrogens with zero attached hydrogens (tertiary/aromatic N) is 1. The summed E-state index contributed by atoms with van der Waals surface area (Å²) in [5.74, 6) is -3.14. The number of halogens is 4. The molecule has 1 N–H and O–H groups in total. The molecule has 0 radical (unpaired) electrons. The van der Waals surface area contributed by atoms with Crippen molar-refractivity contribution < 1.29 is 13.6 Å². The Bertz CT molecular complexity index is 485. The van der Waals surface area contributed by atoms with Gasteiger partial charge in [0.25, 0.3) is 5.92 Å². The topological polar surface area (TPSA) is 32.3 Å². The van der Waals surface area contributed by atoms with Crippen LogP contribution in [0.15, 0.2) is 24.3 Å². The minimum Gasteiger partial charge on any atom is -0.340 e. The largest absolute Gasteiger partial charge is 0.340 e. The van der Waals surface area contributed by atoms with Crippen LogP contribution >= 0.6 is 24.0 Å². The standard InChI is InChI=1S/C13H15ClF2N2O.ClH/c1-18(7-9-4-2-3-5-10(9)14)12(19)11-6-13(15,16)8-17-11;/h2-5,11,17H,6-8H2,1H3;1H. The van der Waals surface area contributed by atoms with Crippen LogP contribution in [-0.2, 0) is 11.3 Å². The maximum absolute atomic E-state index is 13.1. The molecule has 0 bridgehead atoms. The van der Waals surface area contributed by atoms with E-state index in [1.807, 2.05) is 12.1 Å². The van der Waals surface area contributed by atoms with E-state index in [0.29, 0.717) is 11.6 Å². The third-order valence-electron chi connectivity index (χ3n) is 3.15. The van der Waals surface area contributed by atoms with Gasteiger partial charge in [0.1, 0.15) is 0 Å². The highest BCUT2D eigenvalue weighted by Crippen LogP contribution is 2.26. The fraction of sp³-hybridized carbons (Fsp3) is 0.462. The molecule has 1 aliphatic heterocycles. The van der Waals surface area contributed by atoms with E-state index >= 15 is 0 Å². The number of amides is 1. The SMILES string of the molecule is CN(Cc1ccccc1Cl)C(=O)C1CC(F)(F)CN1.Cl. The van der Waals surface area contributed by atoms with Crippen molar-refractivity contribution >= 4 is 29.9 Å². The van der Waals surface area contributed by atoms with Crippen LogP contribution in [-0.4, -0.2) is 36.4 Å². The lowest BCUT2D eigenvalue weighted by Crippen LogP contribution is -2.41. The molecule has 20 heavy (non-hydrogen) atoms. The van der Waals surface area contributed by atoms with Crippen molar-refractivity contribution in [3.63, 3.8) is 0 Å². The van der Waals surface area contributed by atoms with Gasteiger partial charge in [-0.15, -0.1) is 12.4 Å². The highest BCUT2D eigenvalue weighted by molar-refractivity contribution is 6.31. The Kier molecular flexibility index (Phi) is 5.74. The first-order valence-electron chi connectivity index (χ1n) is 5.99. The predicted octanol–water partition coefficient (Wildman–Crippen LogP) is 2.72. The summed E-state index contributed by atoms with van der Waals surface area (Å²) in [4.78, 5) is 13.5. The summed E-state index contributed by atoms with van der Waals surface area (Å²) in [6.45, 7) is -0.133. The van der Waals surface area contributed by atoms with Crippen LogP contribution in [0.4, 0.5) is 8.78 Å². The van der Waals surface area contributed by atoms with E-state index in [-0.39, 0.29) is 18.3 Å².